The number of anilines is 1. The Morgan fingerprint density at radius 3 is 2.38 bits per heavy atom. The van der Waals surface area contributed by atoms with E-state index >= 15 is 0 Å². The number of methoxy groups -OCH3 is 1. The molecule has 0 spiro atoms. The van der Waals surface area contributed by atoms with Gasteiger partial charge in [-0.2, -0.15) is 9.61 Å². The second-order valence-corrected chi connectivity index (χ2v) is 9.14. The van der Waals surface area contributed by atoms with E-state index in [0.717, 1.165) is 35.2 Å². The summed E-state index contributed by atoms with van der Waals surface area (Å²) in [6.07, 6.45) is 7.12. The van der Waals surface area contributed by atoms with Crippen molar-refractivity contribution in [1.29, 1.82) is 0 Å². The highest BCUT2D eigenvalue weighted by molar-refractivity contribution is 6.00. The van der Waals surface area contributed by atoms with E-state index in [2.05, 4.69) is 15.1 Å². The molecule has 1 amide bonds. The van der Waals surface area contributed by atoms with Crippen molar-refractivity contribution in [2.75, 3.05) is 25.9 Å². The number of hydrogen-bond acceptors (Lipinski definition) is 8. The first-order chi connectivity index (χ1) is 17.9. The fourth-order valence-electron chi connectivity index (χ4n) is 4.90. The van der Waals surface area contributed by atoms with Gasteiger partial charge in [0.2, 0.25) is 11.8 Å². The number of amides is 1. The summed E-state index contributed by atoms with van der Waals surface area (Å²) in [6, 6.07) is 7.56. The van der Waals surface area contributed by atoms with Crippen molar-refractivity contribution in [2.45, 2.75) is 39.0 Å². The number of rotatable bonds is 6. The SMILES string of the molecule is CCC(=O)N1CCC(c2nc3c(-c4ccc(-c5ccc(OC)nc5)nc4)cnn3c(N)c2C(C)=O)CC1. The maximum absolute atomic E-state index is 12.6. The van der Waals surface area contributed by atoms with Gasteiger partial charge in [0.1, 0.15) is 5.82 Å². The van der Waals surface area contributed by atoms with Gasteiger partial charge < -0.3 is 15.4 Å². The van der Waals surface area contributed by atoms with Gasteiger partial charge in [-0.3, -0.25) is 14.6 Å². The lowest BCUT2D eigenvalue weighted by molar-refractivity contribution is -0.131. The number of nitrogens with zero attached hydrogens (tertiary/aromatic N) is 6. The molecule has 4 aromatic rings. The summed E-state index contributed by atoms with van der Waals surface area (Å²) >= 11 is 0. The van der Waals surface area contributed by atoms with Crippen molar-refractivity contribution >= 4 is 23.2 Å². The summed E-state index contributed by atoms with van der Waals surface area (Å²) in [4.78, 5) is 40.5. The molecule has 190 valence electrons. The Morgan fingerprint density at radius 1 is 1.05 bits per heavy atom. The largest absolute Gasteiger partial charge is 0.481 e. The predicted octanol–water partition coefficient (Wildman–Crippen LogP) is 3.76. The van der Waals surface area contributed by atoms with Crippen LogP contribution in [0.4, 0.5) is 5.82 Å². The van der Waals surface area contributed by atoms with Crippen LogP contribution in [0.1, 0.15) is 55.1 Å². The average Bonchev–Trinajstić information content (AvgIpc) is 3.37. The number of piperidine rings is 1. The minimum atomic E-state index is -0.148. The third-order valence-corrected chi connectivity index (χ3v) is 6.92. The fraction of sp³-hybridized carbons (Fsp3) is 0.333. The number of carbonyl (C=O) groups excluding carboxylic acids is 2. The molecule has 0 unspecified atom stereocenters. The molecule has 2 N–H and O–H groups in total. The summed E-state index contributed by atoms with van der Waals surface area (Å²) in [5, 5.41) is 4.44. The van der Waals surface area contributed by atoms with Gasteiger partial charge in [0.05, 0.1) is 30.3 Å². The van der Waals surface area contributed by atoms with Crippen molar-refractivity contribution in [1.82, 2.24) is 29.5 Å². The molecule has 4 aromatic heterocycles. The Labute approximate surface area is 214 Å². The van der Waals surface area contributed by atoms with Crippen molar-refractivity contribution in [3.63, 3.8) is 0 Å². The molecule has 0 atom stereocenters. The van der Waals surface area contributed by atoms with Gasteiger partial charge in [-0.15, -0.1) is 0 Å². The number of likely N-dealkylation sites (tertiary alicyclic amines) is 1. The Hall–Kier alpha value is -4.34. The van der Waals surface area contributed by atoms with Crippen LogP contribution in [-0.2, 0) is 4.79 Å². The smallest absolute Gasteiger partial charge is 0.222 e. The Balaban J connectivity index is 1.51. The highest BCUT2D eigenvalue weighted by Crippen LogP contribution is 2.35. The van der Waals surface area contributed by atoms with Crippen molar-refractivity contribution in [3.8, 4) is 28.3 Å². The summed E-state index contributed by atoms with van der Waals surface area (Å²) < 4.78 is 6.65. The van der Waals surface area contributed by atoms with Gasteiger partial charge in [0.25, 0.3) is 0 Å². The standard InChI is InChI=1S/C27H29N7O3/c1-4-23(36)33-11-9-17(10-12-33)25-24(16(2)35)26(28)34-27(32-25)20(15-31-34)18-5-7-21(29-13-18)19-6-8-22(37-3)30-14-19/h5-8,13-15,17H,4,9-12,28H2,1-3H3. The van der Waals surface area contributed by atoms with Crippen LogP contribution < -0.4 is 10.5 Å². The predicted molar refractivity (Wildman–Crippen MR) is 139 cm³/mol. The lowest BCUT2D eigenvalue weighted by atomic mass is 9.89. The molecule has 0 aromatic carbocycles. The van der Waals surface area contributed by atoms with Crippen LogP contribution in [0.25, 0.3) is 28.0 Å². The van der Waals surface area contributed by atoms with Crippen LogP contribution in [0.15, 0.2) is 42.9 Å². The first kappa shape index (κ1) is 24.4. The maximum atomic E-state index is 12.6. The van der Waals surface area contributed by atoms with Crippen molar-refractivity contribution in [3.05, 3.63) is 54.1 Å². The zero-order chi connectivity index (χ0) is 26.1. The lowest BCUT2D eigenvalue weighted by Crippen LogP contribution is -2.38. The van der Waals surface area contributed by atoms with Gasteiger partial charge in [-0.25, -0.2) is 9.97 Å². The molecule has 1 fully saturated rings. The van der Waals surface area contributed by atoms with Gasteiger partial charge in [-0.05, 0) is 31.9 Å². The van der Waals surface area contributed by atoms with E-state index in [9.17, 15) is 9.59 Å². The number of aromatic nitrogens is 5. The molecule has 1 aliphatic heterocycles. The van der Waals surface area contributed by atoms with Crippen LogP contribution >= 0.6 is 0 Å². The summed E-state index contributed by atoms with van der Waals surface area (Å²) in [5.41, 5.74) is 11.4. The van der Waals surface area contributed by atoms with Crippen LogP contribution in [0, 0.1) is 0 Å². The number of nitrogen functional groups attached to an aromatic ring is 1. The average molecular weight is 500 g/mol. The summed E-state index contributed by atoms with van der Waals surface area (Å²) in [5.74, 6) is 0.842. The molecule has 10 nitrogen and oxygen atoms in total. The van der Waals surface area contributed by atoms with E-state index in [1.807, 2.05) is 30.0 Å². The van der Waals surface area contributed by atoms with E-state index < -0.39 is 0 Å². The lowest BCUT2D eigenvalue weighted by Gasteiger charge is -2.32. The normalized spacial score (nSPS) is 14.2. The zero-order valence-electron chi connectivity index (χ0n) is 21.1. The molecule has 1 saturated heterocycles. The van der Waals surface area contributed by atoms with E-state index in [-0.39, 0.29) is 23.4 Å². The van der Waals surface area contributed by atoms with Gasteiger partial charge >= 0.3 is 0 Å². The molecule has 5 heterocycles. The molecule has 0 aliphatic carbocycles. The van der Waals surface area contributed by atoms with E-state index in [1.165, 1.54) is 11.4 Å². The maximum Gasteiger partial charge on any atom is 0.222 e. The quantitative estimate of drug-likeness (QED) is 0.397. The third-order valence-electron chi connectivity index (χ3n) is 6.92. The Kier molecular flexibility index (Phi) is 6.56. The fourth-order valence-corrected chi connectivity index (χ4v) is 4.90. The van der Waals surface area contributed by atoms with Crippen molar-refractivity contribution < 1.29 is 14.3 Å². The molecule has 0 saturated carbocycles. The van der Waals surface area contributed by atoms with Crippen LogP contribution in [0.2, 0.25) is 0 Å². The Bertz CT molecular complexity index is 1450. The van der Waals surface area contributed by atoms with Gasteiger partial charge in [-0.1, -0.05) is 13.0 Å². The number of Topliss-reactive ketones (excluding diaryl/α,β-unsaturated/α-hetero) is 1. The Morgan fingerprint density at radius 2 is 1.78 bits per heavy atom. The van der Waals surface area contributed by atoms with E-state index in [4.69, 9.17) is 15.5 Å². The minimum absolute atomic E-state index is 0.0259. The monoisotopic (exact) mass is 499 g/mol. The number of pyridine rings is 2. The first-order valence-electron chi connectivity index (χ1n) is 12.3. The van der Waals surface area contributed by atoms with Crippen LogP contribution in [-0.4, -0.2) is 61.4 Å². The van der Waals surface area contributed by atoms with E-state index in [1.54, 1.807) is 31.8 Å². The minimum Gasteiger partial charge on any atom is -0.481 e. The number of nitrogens with two attached hydrogens (primary N) is 1. The number of ether oxygens (including phenoxy) is 1. The van der Waals surface area contributed by atoms with E-state index in [0.29, 0.717) is 42.3 Å². The van der Waals surface area contributed by atoms with Gasteiger partial charge in [0, 0.05) is 60.6 Å². The molecule has 0 radical (unpaired) electrons. The van der Waals surface area contributed by atoms with Crippen molar-refractivity contribution in [2.24, 2.45) is 0 Å². The number of fused-ring (bicyclic) bond motifs is 1. The number of hydrogen-bond donors (Lipinski definition) is 1. The molecule has 5 rings (SSSR count). The van der Waals surface area contributed by atoms with Crippen LogP contribution in [0.3, 0.4) is 0 Å². The molecule has 1 aliphatic rings. The second-order valence-electron chi connectivity index (χ2n) is 9.14. The molecule has 10 heteroatoms. The topological polar surface area (TPSA) is 129 Å². The molecular weight excluding hydrogens is 470 g/mol. The summed E-state index contributed by atoms with van der Waals surface area (Å²) in [7, 11) is 1.58. The second kappa shape index (κ2) is 9.96. The number of carbonyl (C=O) groups is 2. The first-order valence-corrected chi connectivity index (χ1v) is 12.3. The van der Waals surface area contributed by atoms with Gasteiger partial charge in [0.15, 0.2) is 11.4 Å². The third kappa shape index (κ3) is 4.50. The summed E-state index contributed by atoms with van der Waals surface area (Å²) in [6.45, 7) is 4.65. The highest BCUT2D eigenvalue weighted by atomic mass is 16.5. The molecule has 0 bridgehead atoms. The number of ketones is 1. The molecule has 37 heavy (non-hydrogen) atoms. The highest BCUT2D eigenvalue weighted by Gasteiger charge is 2.29. The van der Waals surface area contributed by atoms with Crippen LogP contribution in [0.5, 0.6) is 5.88 Å². The zero-order valence-corrected chi connectivity index (χ0v) is 21.1. The molecular formula is C27H29N7O3.